The Bertz CT molecular complexity index is 666. The highest BCUT2D eigenvalue weighted by molar-refractivity contribution is 7.91. The maximum absolute atomic E-state index is 12.8. The Morgan fingerprint density at radius 2 is 2.00 bits per heavy atom. The standard InChI is InChI=1S/C16H24N2O4S2/c1-12-11-22-13(2)10-18(12)16(19)14-5-7-17(8-6-14)24(20,21)15-4-3-9-23-15/h3-4,9,12-14H,5-8,10-11H2,1-2H3. The summed E-state index contributed by atoms with van der Waals surface area (Å²) in [5.41, 5.74) is 0. The Balaban J connectivity index is 1.62. The number of amides is 1. The summed E-state index contributed by atoms with van der Waals surface area (Å²) in [4.78, 5) is 14.7. The lowest BCUT2D eigenvalue weighted by molar-refractivity contribution is -0.148. The zero-order chi connectivity index (χ0) is 17.3. The molecule has 0 spiro atoms. The predicted molar refractivity (Wildman–Crippen MR) is 92.4 cm³/mol. The molecule has 134 valence electrons. The molecule has 1 aromatic heterocycles. The molecule has 2 unspecified atom stereocenters. The van der Waals surface area contributed by atoms with Crippen molar-refractivity contribution in [3.8, 4) is 0 Å². The van der Waals surface area contributed by atoms with Crippen molar-refractivity contribution in [1.82, 2.24) is 9.21 Å². The topological polar surface area (TPSA) is 66.9 Å². The third kappa shape index (κ3) is 3.51. The van der Waals surface area contributed by atoms with Crippen molar-refractivity contribution in [2.75, 3.05) is 26.2 Å². The van der Waals surface area contributed by atoms with Crippen molar-refractivity contribution in [3.05, 3.63) is 17.5 Å². The van der Waals surface area contributed by atoms with Crippen LogP contribution in [0.3, 0.4) is 0 Å². The molecule has 2 saturated heterocycles. The van der Waals surface area contributed by atoms with Crippen LogP contribution >= 0.6 is 11.3 Å². The van der Waals surface area contributed by atoms with Gasteiger partial charge in [-0.25, -0.2) is 8.42 Å². The van der Waals surface area contributed by atoms with E-state index in [9.17, 15) is 13.2 Å². The van der Waals surface area contributed by atoms with Crippen molar-refractivity contribution in [3.63, 3.8) is 0 Å². The van der Waals surface area contributed by atoms with Gasteiger partial charge in [0.15, 0.2) is 0 Å². The summed E-state index contributed by atoms with van der Waals surface area (Å²) >= 11 is 1.24. The van der Waals surface area contributed by atoms with E-state index in [1.165, 1.54) is 15.6 Å². The van der Waals surface area contributed by atoms with E-state index in [1.54, 1.807) is 17.5 Å². The molecule has 8 heteroatoms. The lowest BCUT2D eigenvalue weighted by Crippen LogP contribution is -2.53. The van der Waals surface area contributed by atoms with E-state index >= 15 is 0 Å². The van der Waals surface area contributed by atoms with Crippen LogP contribution in [0.2, 0.25) is 0 Å². The molecule has 3 heterocycles. The van der Waals surface area contributed by atoms with Gasteiger partial charge >= 0.3 is 0 Å². The van der Waals surface area contributed by atoms with Crippen molar-refractivity contribution in [2.45, 2.75) is 43.0 Å². The third-order valence-corrected chi connectivity index (χ3v) is 8.05. The molecule has 0 aromatic carbocycles. The zero-order valence-corrected chi connectivity index (χ0v) is 15.7. The van der Waals surface area contributed by atoms with Gasteiger partial charge in [0.2, 0.25) is 5.91 Å². The second kappa shape index (κ2) is 7.11. The molecular weight excluding hydrogens is 348 g/mol. The van der Waals surface area contributed by atoms with Crippen LogP contribution in [-0.2, 0) is 19.6 Å². The van der Waals surface area contributed by atoms with E-state index in [1.807, 2.05) is 18.7 Å². The summed E-state index contributed by atoms with van der Waals surface area (Å²) in [7, 11) is -3.41. The number of nitrogens with zero attached hydrogens (tertiary/aromatic N) is 2. The van der Waals surface area contributed by atoms with Crippen LogP contribution in [0.25, 0.3) is 0 Å². The summed E-state index contributed by atoms with van der Waals surface area (Å²) in [6, 6.07) is 3.46. The molecule has 2 fully saturated rings. The highest BCUT2D eigenvalue weighted by Gasteiger charge is 2.36. The molecule has 0 aliphatic carbocycles. The summed E-state index contributed by atoms with van der Waals surface area (Å²) in [5.74, 6) is 0.0540. The number of morpholine rings is 1. The average Bonchev–Trinajstić information content (AvgIpc) is 3.12. The lowest BCUT2D eigenvalue weighted by atomic mass is 9.95. The van der Waals surface area contributed by atoms with E-state index in [0.29, 0.717) is 43.3 Å². The lowest BCUT2D eigenvalue weighted by Gasteiger charge is -2.40. The van der Waals surface area contributed by atoms with Gasteiger partial charge in [-0.05, 0) is 38.1 Å². The fourth-order valence-corrected chi connectivity index (χ4v) is 5.94. The number of ether oxygens (including phenoxy) is 1. The number of rotatable bonds is 3. The van der Waals surface area contributed by atoms with Crippen LogP contribution in [0.15, 0.2) is 21.7 Å². The van der Waals surface area contributed by atoms with E-state index in [2.05, 4.69) is 0 Å². The summed E-state index contributed by atoms with van der Waals surface area (Å²) < 4.78 is 32.6. The second-order valence-electron chi connectivity index (χ2n) is 6.59. The number of carbonyl (C=O) groups excluding carboxylic acids is 1. The first kappa shape index (κ1) is 17.8. The maximum atomic E-state index is 12.8. The number of sulfonamides is 1. The molecule has 6 nitrogen and oxygen atoms in total. The minimum atomic E-state index is -3.41. The highest BCUT2D eigenvalue weighted by atomic mass is 32.2. The molecule has 2 atom stereocenters. The Morgan fingerprint density at radius 1 is 1.29 bits per heavy atom. The van der Waals surface area contributed by atoms with Gasteiger partial charge in [-0.1, -0.05) is 6.07 Å². The molecule has 1 aromatic rings. The Labute approximate surface area is 147 Å². The second-order valence-corrected chi connectivity index (χ2v) is 9.71. The van der Waals surface area contributed by atoms with Gasteiger partial charge in [-0.2, -0.15) is 4.31 Å². The number of thiophene rings is 1. The van der Waals surface area contributed by atoms with Crippen molar-refractivity contribution in [1.29, 1.82) is 0 Å². The molecule has 2 aliphatic rings. The van der Waals surface area contributed by atoms with Gasteiger partial charge in [0, 0.05) is 25.6 Å². The van der Waals surface area contributed by atoms with Gasteiger partial charge in [0.1, 0.15) is 4.21 Å². The number of hydrogen-bond acceptors (Lipinski definition) is 5. The third-order valence-electron chi connectivity index (χ3n) is 4.78. The quantitative estimate of drug-likeness (QED) is 0.811. The molecule has 24 heavy (non-hydrogen) atoms. The zero-order valence-electron chi connectivity index (χ0n) is 14.1. The molecule has 1 amide bonds. The summed E-state index contributed by atoms with van der Waals surface area (Å²) in [6.07, 6.45) is 1.23. The monoisotopic (exact) mass is 372 g/mol. The molecule has 0 N–H and O–H groups in total. The van der Waals surface area contributed by atoms with Crippen LogP contribution in [0.4, 0.5) is 0 Å². The minimum absolute atomic E-state index is 0.0597. The summed E-state index contributed by atoms with van der Waals surface area (Å²) in [5, 5.41) is 1.77. The normalized spacial score (nSPS) is 27.3. The van der Waals surface area contributed by atoms with Crippen LogP contribution in [-0.4, -0.2) is 61.9 Å². The Hall–Kier alpha value is -0.960. The first-order valence-electron chi connectivity index (χ1n) is 8.35. The van der Waals surface area contributed by atoms with E-state index < -0.39 is 10.0 Å². The Kier molecular flexibility index (Phi) is 5.29. The van der Waals surface area contributed by atoms with Crippen LogP contribution < -0.4 is 0 Å². The first-order chi connectivity index (χ1) is 11.4. The van der Waals surface area contributed by atoms with Crippen LogP contribution in [0.5, 0.6) is 0 Å². The number of piperidine rings is 1. The van der Waals surface area contributed by atoms with E-state index in [0.717, 1.165) is 0 Å². The average molecular weight is 373 g/mol. The number of hydrogen-bond donors (Lipinski definition) is 0. The SMILES string of the molecule is CC1CN(C(=O)C2CCN(S(=O)(=O)c3cccs3)CC2)C(C)CO1. The van der Waals surface area contributed by atoms with Crippen LogP contribution in [0, 0.1) is 5.92 Å². The molecule has 0 saturated carbocycles. The van der Waals surface area contributed by atoms with Gasteiger partial charge < -0.3 is 9.64 Å². The van der Waals surface area contributed by atoms with Crippen molar-refractivity contribution >= 4 is 27.3 Å². The van der Waals surface area contributed by atoms with Gasteiger partial charge in [0.05, 0.1) is 18.8 Å². The van der Waals surface area contributed by atoms with E-state index in [4.69, 9.17) is 4.74 Å². The van der Waals surface area contributed by atoms with Crippen LogP contribution in [0.1, 0.15) is 26.7 Å². The largest absolute Gasteiger partial charge is 0.375 e. The summed E-state index contributed by atoms with van der Waals surface area (Å²) in [6.45, 7) is 5.98. The Morgan fingerprint density at radius 3 is 2.62 bits per heavy atom. The highest BCUT2D eigenvalue weighted by Crippen LogP contribution is 2.28. The molecule has 0 radical (unpaired) electrons. The van der Waals surface area contributed by atoms with Crippen molar-refractivity contribution in [2.24, 2.45) is 5.92 Å². The number of carbonyl (C=O) groups is 1. The molecular formula is C16H24N2O4S2. The van der Waals surface area contributed by atoms with Gasteiger partial charge in [0.25, 0.3) is 10.0 Å². The molecule has 2 aliphatic heterocycles. The molecule has 0 bridgehead atoms. The van der Waals surface area contributed by atoms with Gasteiger partial charge in [-0.15, -0.1) is 11.3 Å². The minimum Gasteiger partial charge on any atom is -0.375 e. The van der Waals surface area contributed by atoms with E-state index in [-0.39, 0.29) is 24.0 Å². The fourth-order valence-electron chi connectivity index (χ4n) is 3.33. The van der Waals surface area contributed by atoms with Crippen molar-refractivity contribution < 1.29 is 17.9 Å². The fraction of sp³-hybridized carbons (Fsp3) is 0.688. The molecule has 3 rings (SSSR count). The maximum Gasteiger partial charge on any atom is 0.252 e. The smallest absolute Gasteiger partial charge is 0.252 e. The predicted octanol–water partition coefficient (Wildman–Crippen LogP) is 1.78. The van der Waals surface area contributed by atoms with Gasteiger partial charge in [-0.3, -0.25) is 4.79 Å². The first-order valence-corrected chi connectivity index (χ1v) is 10.7.